The van der Waals surface area contributed by atoms with E-state index in [0.29, 0.717) is 12.2 Å². The topological polar surface area (TPSA) is 12.5 Å². The van der Waals surface area contributed by atoms with E-state index in [4.69, 9.17) is 4.74 Å². The lowest BCUT2D eigenvalue weighted by Gasteiger charge is -2.11. The van der Waals surface area contributed by atoms with Gasteiger partial charge in [-0.15, -0.1) is 0 Å². The van der Waals surface area contributed by atoms with Gasteiger partial charge in [-0.05, 0) is 25.7 Å². The van der Waals surface area contributed by atoms with Crippen molar-refractivity contribution in [3.63, 3.8) is 0 Å². The van der Waals surface area contributed by atoms with Crippen LogP contribution in [0.15, 0.2) is 0 Å². The maximum Gasteiger partial charge on any atom is 0.0867 e. The first-order valence-corrected chi connectivity index (χ1v) is 4.95. The van der Waals surface area contributed by atoms with Crippen LogP contribution in [0.3, 0.4) is 0 Å². The Morgan fingerprint density at radius 1 is 1.18 bits per heavy atom. The van der Waals surface area contributed by atoms with Gasteiger partial charge in [-0.1, -0.05) is 26.7 Å². The van der Waals surface area contributed by atoms with Crippen molar-refractivity contribution in [3.05, 3.63) is 0 Å². The molecule has 0 aliphatic carbocycles. The molecular formula is C10H20O. The second kappa shape index (κ2) is 4.10. The van der Waals surface area contributed by atoms with E-state index in [1.165, 1.54) is 25.7 Å². The Kier molecular flexibility index (Phi) is 3.38. The summed E-state index contributed by atoms with van der Waals surface area (Å²) >= 11 is 0. The van der Waals surface area contributed by atoms with Crippen LogP contribution in [-0.4, -0.2) is 12.2 Å². The summed E-state index contributed by atoms with van der Waals surface area (Å²) in [6.07, 6.45) is 6.47. The van der Waals surface area contributed by atoms with Crippen molar-refractivity contribution in [2.45, 2.75) is 58.7 Å². The van der Waals surface area contributed by atoms with Gasteiger partial charge in [-0.2, -0.15) is 0 Å². The van der Waals surface area contributed by atoms with Gasteiger partial charge in [0.1, 0.15) is 0 Å². The van der Waals surface area contributed by atoms with E-state index in [0.717, 1.165) is 5.92 Å². The minimum atomic E-state index is 0.554. The lowest BCUT2D eigenvalue weighted by Crippen LogP contribution is -2.09. The van der Waals surface area contributed by atoms with Crippen LogP contribution in [0, 0.1) is 5.92 Å². The molecule has 0 bridgehead atoms. The van der Waals surface area contributed by atoms with E-state index < -0.39 is 0 Å². The number of hydrogen-bond donors (Lipinski definition) is 0. The van der Waals surface area contributed by atoms with Crippen molar-refractivity contribution in [1.82, 2.24) is 0 Å². The molecule has 1 heteroatoms. The maximum atomic E-state index is 5.48. The third-order valence-corrected chi connectivity index (χ3v) is 2.54. The molecule has 0 amide bonds. The van der Waals surface area contributed by atoms with Gasteiger partial charge < -0.3 is 4.74 Å². The molecule has 0 radical (unpaired) electrons. The van der Waals surface area contributed by atoms with Gasteiger partial charge in [-0.3, -0.25) is 0 Å². The molecule has 1 fully saturated rings. The standard InChI is InChI=1S/C10H20O/c1-4-6-9(7-5-2)10-8(3)11-10/h8-10H,4-7H2,1-3H3. The summed E-state index contributed by atoms with van der Waals surface area (Å²) in [5.74, 6) is 0.847. The molecule has 0 aromatic carbocycles. The molecule has 66 valence electrons. The highest BCUT2D eigenvalue weighted by molar-refractivity contribution is 4.86. The highest BCUT2D eigenvalue weighted by Crippen LogP contribution is 2.34. The van der Waals surface area contributed by atoms with E-state index in [9.17, 15) is 0 Å². The summed E-state index contributed by atoms with van der Waals surface area (Å²) in [4.78, 5) is 0. The van der Waals surface area contributed by atoms with Crippen LogP contribution >= 0.6 is 0 Å². The number of hydrogen-bond acceptors (Lipinski definition) is 1. The third-order valence-electron chi connectivity index (χ3n) is 2.54. The molecule has 0 saturated carbocycles. The van der Waals surface area contributed by atoms with Crippen molar-refractivity contribution < 1.29 is 4.74 Å². The molecule has 2 atom stereocenters. The van der Waals surface area contributed by atoms with E-state index in [1.807, 2.05) is 0 Å². The summed E-state index contributed by atoms with van der Waals surface area (Å²) in [5, 5.41) is 0. The zero-order valence-corrected chi connectivity index (χ0v) is 7.97. The molecule has 0 aromatic heterocycles. The van der Waals surface area contributed by atoms with Gasteiger partial charge in [0, 0.05) is 0 Å². The van der Waals surface area contributed by atoms with Crippen molar-refractivity contribution >= 4 is 0 Å². The van der Waals surface area contributed by atoms with E-state index in [-0.39, 0.29) is 0 Å². The minimum absolute atomic E-state index is 0.554. The second-order valence-corrected chi connectivity index (χ2v) is 3.64. The first-order valence-electron chi connectivity index (χ1n) is 4.95. The third kappa shape index (κ3) is 2.48. The average molecular weight is 156 g/mol. The smallest absolute Gasteiger partial charge is 0.0867 e. The lowest BCUT2D eigenvalue weighted by atomic mass is 9.93. The zero-order chi connectivity index (χ0) is 8.27. The molecule has 2 unspecified atom stereocenters. The molecule has 1 aliphatic heterocycles. The Labute approximate surface area is 70.1 Å². The Balaban J connectivity index is 2.22. The Morgan fingerprint density at radius 2 is 1.64 bits per heavy atom. The SMILES string of the molecule is CCCC(CCC)C1OC1C. The van der Waals surface area contributed by atoms with Gasteiger partial charge in [0.05, 0.1) is 12.2 Å². The van der Waals surface area contributed by atoms with Crippen LogP contribution < -0.4 is 0 Å². The van der Waals surface area contributed by atoms with E-state index >= 15 is 0 Å². The summed E-state index contributed by atoms with van der Waals surface area (Å²) in [6, 6.07) is 0. The molecule has 0 aromatic rings. The van der Waals surface area contributed by atoms with Crippen LogP contribution in [0.5, 0.6) is 0 Å². The molecule has 1 saturated heterocycles. The molecular weight excluding hydrogens is 136 g/mol. The molecule has 0 N–H and O–H groups in total. The molecule has 1 aliphatic rings. The van der Waals surface area contributed by atoms with Crippen LogP contribution in [0.2, 0.25) is 0 Å². The van der Waals surface area contributed by atoms with Gasteiger partial charge in [0.15, 0.2) is 0 Å². The van der Waals surface area contributed by atoms with Gasteiger partial charge in [-0.25, -0.2) is 0 Å². The number of ether oxygens (including phenoxy) is 1. The monoisotopic (exact) mass is 156 g/mol. The average Bonchev–Trinajstić information content (AvgIpc) is 2.67. The molecule has 11 heavy (non-hydrogen) atoms. The van der Waals surface area contributed by atoms with Gasteiger partial charge in [0.2, 0.25) is 0 Å². The van der Waals surface area contributed by atoms with Crippen LogP contribution in [0.4, 0.5) is 0 Å². The Morgan fingerprint density at radius 3 is 1.91 bits per heavy atom. The van der Waals surface area contributed by atoms with Crippen LogP contribution in [-0.2, 0) is 4.74 Å². The predicted octanol–water partition coefficient (Wildman–Crippen LogP) is 2.99. The molecule has 1 rings (SSSR count). The summed E-state index contributed by atoms with van der Waals surface area (Å²) in [7, 11) is 0. The van der Waals surface area contributed by atoms with E-state index in [1.54, 1.807) is 0 Å². The Bertz CT molecular complexity index is 105. The highest BCUT2D eigenvalue weighted by Gasteiger charge is 2.39. The van der Waals surface area contributed by atoms with Gasteiger partial charge >= 0.3 is 0 Å². The maximum absolute atomic E-state index is 5.48. The zero-order valence-electron chi connectivity index (χ0n) is 7.97. The largest absolute Gasteiger partial charge is 0.370 e. The van der Waals surface area contributed by atoms with E-state index in [2.05, 4.69) is 20.8 Å². The van der Waals surface area contributed by atoms with Crippen molar-refractivity contribution in [1.29, 1.82) is 0 Å². The lowest BCUT2D eigenvalue weighted by molar-refractivity contribution is 0.293. The first-order chi connectivity index (χ1) is 5.29. The quantitative estimate of drug-likeness (QED) is 0.557. The van der Waals surface area contributed by atoms with Crippen LogP contribution in [0.25, 0.3) is 0 Å². The summed E-state index contributed by atoms with van der Waals surface area (Å²) in [5.41, 5.74) is 0. The van der Waals surface area contributed by atoms with Gasteiger partial charge in [0.25, 0.3) is 0 Å². The normalized spacial score (nSPS) is 29.5. The number of rotatable bonds is 5. The minimum Gasteiger partial charge on any atom is -0.370 e. The molecule has 0 spiro atoms. The second-order valence-electron chi connectivity index (χ2n) is 3.64. The molecule has 1 heterocycles. The fourth-order valence-corrected chi connectivity index (χ4v) is 1.91. The van der Waals surface area contributed by atoms with Crippen molar-refractivity contribution in [2.24, 2.45) is 5.92 Å². The van der Waals surface area contributed by atoms with Crippen molar-refractivity contribution in [2.75, 3.05) is 0 Å². The van der Waals surface area contributed by atoms with Crippen molar-refractivity contribution in [3.8, 4) is 0 Å². The highest BCUT2D eigenvalue weighted by atomic mass is 16.6. The summed E-state index contributed by atoms with van der Waals surface area (Å²) in [6.45, 7) is 6.70. The fourth-order valence-electron chi connectivity index (χ4n) is 1.91. The predicted molar refractivity (Wildman–Crippen MR) is 47.6 cm³/mol. The van der Waals surface area contributed by atoms with Crippen LogP contribution in [0.1, 0.15) is 46.5 Å². The fraction of sp³-hybridized carbons (Fsp3) is 1.00. The first kappa shape index (κ1) is 9.05. The Hall–Kier alpha value is -0.0400. The molecule has 1 nitrogen and oxygen atoms in total. The number of epoxide rings is 1. The summed E-state index contributed by atoms with van der Waals surface area (Å²) < 4.78 is 5.48.